The topological polar surface area (TPSA) is 569 Å². The molecule has 0 atom stereocenters. The lowest BCUT2D eigenvalue weighted by molar-refractivity contribution is -0.223. The molecule has 1 saturated carbocycles. The van der Waals surface area contributed by atoms with Crippen LogP contribution in [0.1, 0.15) is 0 Å². The van der Waals surface area contributed by atoms with E-state index in [1.807, 2.05) is 0 Å². The first-order chi connectivity index (χ1) is 17.5. The van der Waals surface area contributed by atoms with Gasteiger partial charge in [-0.2, -0.15) is 50.5 Å². The van der Waals surface area contributed by atoms with Crippen molar-refractivity contribution in [3.05, 3.63) is 0 Å². The second-order valence-corrected chi connectivity index (χ2v) is 11.0. The van der Waals surface area contributed by atoms with Crippen molar-refractivity contribution in [3.8, 4) is 0 Å². The van der Waals surface area contributed by atoms with Crippen LogP contribution < -0.4 is 0 Å². The van der Waals surface area contributed by atoms with Crippen LogP contribution in [0.15, 0.2) is 0 Å². The predicted molar refractivity (Wildman–Crippen MR) is 121 cm³/mol. The second kappa shape index (κ2) is 21.6. The third kappa shape index (κ3) is 106. The molecule has 0 amide bonds. The van der Waals surface area contributed by atoms with Gasteiger partial charge in [-0.1, -0.05) is 0 Å². The van der Waals surface area contributed by atoms with Crippen molar-refractivity contribution in [1.29, 1.82) is 0 Å². The normalized spacial score (nSPS) is 24.1. The number of hydrogen-bond acceptors (Lipinski definition) is 18. The molecule has 1 fully saturated rings. The fraction of sp³-hybridized carbons (Fsp3) is 1.00. The van der Waals surface area contributed by atoms with E-state index in [-0.39, 0.29) is 0 Å². The smallest absolute Gasteiger partial charge is 0.387 e. The Kier molecular flexibility index (Phi) is 27.6. The Bertz CT molecular complexity index is 1010. The van der Waals surface area contributed by atoms with E-state index < -0.39 is 99.0 Å². The maximum Gasteiger partial charge on any atom is 0.394 e. The van der Waals surface area contributed by atoms with Crippen LogP contribution >= 0.6 is 0 Å². The summed E-state index contributed by atoms with van der Waals surface area (Å²) in [5.41, 5.74) is 0. The van der Waals surface area contributed by atoms with Gasteiger partial charge < -0.3 is 30.6 Å². The van der Waals surface area contributed by atoms with E-state index in [9.17, 15) is 0 Å². The zero-order valence-corrected chi connectivity index (χ0v) is 23.8. The van der Waals surface area contributed by atoms with Crippen LogP contribution in [0.3, 0.4) is 0 Å². The Morgan fingerprint density at radius 3 is 0.262 bits per heavy atom. The maximum atomic E-state index is 8.97. The standard InChI is InChI=1S/C6H12O6.6H2O4S/c7-1-2(8)4(10)6(12)5(11)3(1)9;6*1-5(2,3)4/h1-12H;6*(H2,1,2,3,4). The third-order valence-corrected chi connectivity index (χ3v) is 2.10. The lowest BCUT2D eigenvalue weighted by Gasteiger charge is -2.39. The van der Waals surface area contributed by atoms with Crippen LogP contribution in [0.25, 0.3) is 0 Å². The van der Waals surface area contributed by atoms with Crippen molar-refractivity contribution in [2.75, 3.05) is 0 Å². The van der Waals surface area contributed by atoms with Gasteiger partial charge in [-0.3, -0.25) is 54.6 Å². The van der Waals surface area contributed by atoms with E-state index in [0.717, 1.165) is 0 Å². The van der Waals surface area contributed by atoms with Gasteiger partial charge in [0.2, 0.25) is 0 Å². The Labute approximate surface area is 234 Å². The van der Waals surface area contributed by atoms with Crippen molar-refractivity contribution in [2.24, 2.45) is 0 Å². The molecule has 0 aromatic heterocycles. The van der Waals surface area contributed by atoms with Crippen LogP contribution in [0.4, 0.5) is 0 Å². The average Bonchev–Trinajstić information content (AvgIpc) is 2.55. The molecule has 0 aromatic rings. The summed E-state index contributed by atoms with van der Waals surface area (Å²) in [6.45, 7) is 0. The summed E-state index contributed by atoms with van der Waals surface area (Å²) >= 11 is 0. The Balaban J connectivity index is -0.0000000944. The van der Waals surface area contributed by atoms with Crippen molar-refractivity contribution in [3.63, 3.8) is 0 Å². The van der Waals surface area contributed by atoms with Crippen molar-refractivity contribution < 1.29 is 136 Å². The lowest BCUT2D eigenvalue weighted by Crippen LogP contribution is -2.63. The minimum Gasteiger partial charge on any atom is -0.387 e. The highest BCUT2D eigenvalue weighted by atomic mass is 32.3. The van der Waals surface area contributed by atoms with Crippen LogP contribution in [0.2, 0.25) is 0 Å². The van der Waals surface area contributed by atoms with Gasteiger partial charge in [-0.05, 0) is 0 Å². The lowest BCUT2D eigenvalue weighted by atomic mass is 9.85. The molecule has 0 heterocycles. The highest BCUT2D eigenvalue weighted by molar-refractivity contribution is 7.81. The molecular formula is C6H24O30S6. The summed E-state index contributed by atoms with van der Waals surface area (Å²) in [7, 11) is -28.0. The summed E-state index contributed by atoms with van der Waals surface area (Å²) in [5, 5.41) is 53.8. The molecule has 42 heavy (non-hydrogen) atoms. The maximum absolute atomic E-state index is 8.97. The van der Waals surface area contributed by atoms with E-state index in [1.54, 1.807) is 0 Å². The summed E-state index contributed by atoms with van der Waals surface area (Å²) in [6.07, 6.45) is -9.84. The van der Waals surface area contributed by atoms with E-state index in [0.29, 0.717) is 0 Å². The first-order valence-electron chi connectivity index (χ1n) is 7.74. The number of aliphatic hydroxyl groups excluding tert-OH is 6. The molecule has 0 unspecified atom stereocenters. The van der Waals surface area contributed by atoms with Gasteiger partial charge in [0.25, 0.3) is 0 Å². The quantitative estimate of drug-likeness (QED) is 0.102. The van der Waals surface area contributed by atoms with Crippen molar-refractivity contribution in [1.82, 2.24) is 0 Å². The molecule has 0 bridgehead atoms. The minimum atomic E-state index is -4.67. The second-order valence-electron chi connectivity index (χ2n) is 5.63. The molecule has 0 saturated heterocycles. The molecule has 1 rings (SSSR count). The molecule has 0 spiro atoms. The highest BCUT2D eigenvalue weighted by Gasteiger charge is 2.47. The van der Waals surface area contributed by atoms with Gasteiger partial charge in [0, 0.05) is 0 Å². The first-order valence-corrected chi connectivity index (χ1v) is 16.1. The van der Waals surface area contributed by atoms with Gasteiger partial charge in [0.05, 0.1) is 0 Å². The molecule has 30 nitrogen and oxygen atoms in total. The molecule has 18 N–H and O–H groups in total. The minimum absolute atomic E-state index is 1.64. The Hall–Kier alpha value is -1.02. The van der Waals surface area contributed by atoms with Gasteiger partial charge in [-0.15, -0.1) is 0 Å². The number of rotatable bonds is 0. The molecule has 1 aliphatic carbocycles. The zero-order chi connectivity index (χ0) is 36.5. The molecular weight excluding hydrogens is 744 g/mol. The van der Waals surface area contributed by atoms with E-state index >= 15 is 0 Å². The molecule has 36 heteroatoms. The van der Waals surface area contributed by atoms with Crippen LogP contribution in [-0.2, 0) is 62.4 Å². The van der Waals surface area contributed by atoms with E-state index in [4.69, 9.17) is 136 Å². The SMILES string of the molecule is O=S(=O)(O)O.O=S(=O)(O)O.O=S(=O)(O)O.O=S(=O)(O)O.O=S(=O)(O)O.O=S(=O)(O)O.OC1C(O)C(O)C(O)C(O)C1O. The fourth-order valence-electron chi connectivity index (χ4n) is 1.21. The van der Waals surface area contributed by atoms with E-state index in [2.05, 4.69) is 0 Å². The summed E-state index contributed by atoms with van der Waals surface area (Å²) in [5.74, 6) is 0. The van der Waals surface area contributed by atoms with Crippen molar-refractivity contribution in [2.45, 2.75) is 36.6 Å². The zero-order valence-electron chi connectivity index (χ0n) is 18.9. The first kappa shape index (κ1) is 53.5. The molecule has 264 valence electrons. The van der Waals surface area contributed by atoms with Crippen LogP contribution in [0.5, 0.6) is 0 Å². The molecule has 0 aliphatic heterocycles. The summed E-state index contributed by atoms with van der Waals surface area (Å²) in [6, 6.07) is 0. The van der Waals surface area contributed by atoms with E-state index in [1.165, 1.54) is 0 Å². The van der Waals surface area contributed by atoms with Crippen molar-refractivity contribution >= 4 is 62.4 Å². The molecule has 0 aromatic carbocycles. The summed E-state index contributed by atoms with van der Waals surface area (Å²) in [4.78, 5) is 0. The molecule has 1 aliphatic rings. The monoisotopic (exact) mass is 768 g/mol. The summed E-state index contributed by atoms with van der Waals surface area (Å²) < 4.78 is 190. The third-order valence-electron chi connectivity index (χ3n) is 2.10. The van der Waals surface area contributed by atoms with Gasteiger partial charge in [-0.25, -0.2) is 0 Å². The predicted octanol–water partition coefficient (Wildman–Crippen LogP) is -7.75. The Morgan fingerprint density at radius 1 is 0.214 bits per heavy atom. The van der Waals surface area contributed by atoms with Gasteiger partial charge >= 0.3 is 62.4 Å². The molecule has 0 radical (unpaired) electrons. The Morgan fingerprint density at radius 2 is 0.238 bits per heavy atom. The van der Waals surface area contributed by atoms with Gasteiger partial charge in [0.1, 0.15) is 36.6 Å². The fourth-order valence-corrected chi connectivity index (χ4v) is 1.21. The van der Waals surface area contributed by atoms with Gasteiger partial charge in [0.15, 0.2) is 0 Å². The number of aliphatic hydroxyl groups is 6. The van der Waals surface area contributed by atoms with Crippen LogP contribution in [-0.4, -0.2) is 172 Å². The van der Waals surface area contributed by atoms with Crippen LogP contribution in [0, 0.1) is 0 Å². The largest absolute Gasteiger partial charge is 0.394 e. The average molecular weight is 769 g/mol. The number of hydrogen-bond donors (Lipinski definition) is 18. The highest BCUT2D eigenvalue weighted by Crippen LogP contribution is 2.20.